The Balaban J connectivity index is -0.000000164. The number of unbranched alkanes of at least 4 members (excludes halogenated alkanes) is 4. The molecule has 0 spiro atoms. The van der Waals surface area contributed by atoms with Crippen LogP contribution in [0.2, 0.25) is 0 Å². The molecule has 158 valence electrons. The molecule has 0 aromatic rings. The van der Waals surface area contributed by atoms with Crippen molar-refractivity contribution >= 4 is 17.9 Å². The number of aliphatic hydroxyl groups excluding tert-OH is 3. The van der Waals surface area contributed by atoms with Crippen LogP contribution in [-0.4, -0.2) is 68.4 Å². The zero-order chi connectivity index (χ0) is 21.6. The molecule has 0 fully saturated rings. The lowest BCUT2D eigenvalue weighted by molar-refractivity contribution is -0.135. The quantitative estimate of drug-likeness (QED) is 0.323. The number of carboxylic acids is 3. The van der Waals surface area contributed by atoms with Crippen LogP contribution < -0.4 is 0 Å². The van der Waals surface area contributed by atoms with E-state index >= 15 is 0 Å². The van der Waals surface area contributed by atoms with Crippen molar-refractivity contribution < 1.29 is 45.0 Å². The van der Waals surface area contributed by atoms with Crippen LogP contribution in [0.1, 0.15) is 66.2 Å². The molecule has 9 heteroatoms. The maximum absolute atomic E-state index is 9.06. The molecular formula is C17H36O9. The van der Waals surface area contributed by atoms with Crippen molar-refractivity contribution in [2.24, 2.45) is 5.41 Å². The molecule has 6 N–H and O–H groups in total. The third kappa shape index (κ3) is 43.2. The van der Waals surface area contributed by atoms with Crippen LogP contribution in [0, 0.1) is 5.41 Å². The predicted octanol–water partition coefficient (Wildman–Crippen LogP) is 1.58. The third-order valence-corrected chi connectivity index (χ3v) is 2.82. The number of carbonyl (C=O) groups is 3. The van der Waals surface area contributed by atoms with Crippen LogP contribution in [0.4, 0.5) is 0 Å². The Morgan fingerprint density at radius 2 is 0.923 bits per heavy atom. The van der Waals surface area contributed by atoms with Crippen LogP contribution >= 0.6 is 0 Å². The van der Waals surface area contributed by atoms with Gasteiger partial charge in [0.15, 0.2) is 0 Å². The molecule has 0 saturated carbocycles. The molecule has 26 heavy (non-hydrogen) atoms. The van der Waals surface area contributed by atoms with Gasteiger partial charge < -0.3 is 30.6 Å². The Bertz CT molecular complexity index is 290. The van der Waals surface area contributed by atoms with Crippen LogP contribution in [0.5, 0.6) is 0 Å². The van der Waals surface area contributed by atoms with Crippen molar-refractivity contribution in [3.8, 4) is 0 Å². The summed E-state index contributed by atoms with van der Waals surface area (Å²) in [6.45, 7) is 5.02. The minimum atomic E-state index is -0.833. The van der Waals surface area contributed by atoms with Gasteiger partial charge in [0.05, 0.1) is 19.8 Å². The molecule has 0 radical (unpaired) electrons. The molecular weight excluding hydrogens is 348 g/mol. The highest BCUT2D eigenvalue weighted by Crippen LogP contribution is 2.23. The average Bonchev–Trinajstić information content (AvgIpc) is 2.50. The fourth-order valence-corrected chi connectivity index (χ4v) is 1.49. The molecule has 0 aliphatic heterocycles. The standard InChI is InChI=1S/C11H24O3.3C2H4O2/c1-2-3-4-5-6-7-11(8-12,9-13)10-14;3*1-2(3)4/h12-14H,2-10H2,1H3;3*1H3,(H,3,4). The maximum atomic E-state index is 9.06. The summed E-state index contributed by atoms with van der Waals surface area (Å²) in [6, 6.07) is 0. The van der Waals surface area contributed by atoms with Gasteiger partial charge >= 0.3 is 0 Å². The number of carboxylic acid groups (broad SMARTS) is 3. The molecule has 0 saturated heterocycles. The van der Waals surface area contributed by atoms with Crippen LogP contribution in [0.15, 0.2) is 0 Å². The Kier molecular flexibility index (Phi) is 28.7. The van der Waals surface area contributed by atoms with Crippen LogP contribution in [-0.2, 0) is 14.4 Å². The number of hydrogen-bond donors (Lipinski definition) is 6. The van der Waals surface area contributed by atoms with E-state index in [1.54, 1.807) is 0 Å². The minimum absolute atomic E-state index is 0.131. The van der Waals surface area contributed by atoms with Crippen LogP contribution in [0.25, 0.3) is 0 Å². The summed E-state index contributed by atoms with van der Waals surface area (Å²) in [5.74, 6) is -2.50. The summed E-state index contributed by atoms with van der Waals surface area (Å²) in [5.41, 5.74) is -0.661. The Labute approximate surface area is 155 Å². The summed E-state index contributed by atoms with van der Waals surface area (Å²) < 4.78 is 0. The second-order valence-corrected chi connectivity index (χ2v) is 5.70. The average molecular weight is 384 g/mol. The molecule has 0 aliphatic rings. The predicted molar refractivity (Wildman–Crippen MR) is 97.0 cm³/mol. The zero-order valence-corrected chi connectivity index (χ0v) is 16.3. The lowest BCUT2D eigenvalue weighted by Crippen LogP contribution is -2.33. The zero-order valence-electron chi connectivity index (χ0n) is 16.3. The van der Waals surface area contributed by atoms with E-state index in [0.29, 0.717) is 6.42 Å². The summed E-state index contributed by atoms with van der Waals surface area (Å²) in [4.78, 5) is 27.0. The van der Waals surface area contributed by atoms with E-state index < -0.39 is 23.3 Å². The monoisotopic (exact) mass is 384 g/mol. The molecule has 0 aromatic carbocycles. The van der Waals surface area contributed by atoms with Gasteiger partial charge in [-0.15, -0.1) is 0 Å². The Morgan fingerprint density at radius 3 is 1.15 bits per heavy atom. The molecule has 0 heterocycles. The highest BCUT2D eigenvalue weighted by atomic mass is 16.4. The molecule has 0 unspecified atom stereocenters. The van der Waals surface area contributed by atoms with Gasteiger partial charge in [0, 0.05) is 26.2 Å². The van der Waals surface area contributed by atoms with Crippen molar-refractivity contribution in [1.29, 1.82) is 0 Å². The second-order valence-electron chi connectivity index (χ2n) is 5.70. The van der Waals surface area contributed by atoms with Gasteiger partial charge in [-0.1, -0.05) is 39.0 Å². The largest absolute Gasteiger partial charge is 0.481 e. The van der Waals surface area contributed by atoms with Gasteiger partial charge in [0.25, 0.3) is 17.9 Å². The van der Waals surface area contributed by atoms with Crippen molar-refractivity contribution in [2.75, 3.05) is 19.8 Å². The van der Waals surface area contributed by atoms with Crippen LogP contribution in [0.3, 0.4) is 0 Å². The fourth-order valence-electron chi connectivity index (χ4n) is 1.49. The summed E-state index contributed by atoms with van der Waals surface area (Å²) in [5, 5.41) is 49.4. The summed E-state index contributed by atoms with van der Waals surface area (Å²) in [7, 11) is 0. The van der Waals surface area contributed by atoms with Gasteiger partial charge in [-0.05, 0) is 6.42 Å². The van der Waals surface area contributed by atoms with E-state index in [-0.39, 0.29) is 19.8 Å². The van der Waals surface area contributed by atoms with Gasteiger partial charge in [-0.3, -0.25) is 14.4 Å². The van der Waals surface area contributed by atoms with Gasteiger partial charge in [0.2, 0.25) is 0 Å². The highest BCUT2D eigenvalue weighted by Gasteiger charge is 2.26. The molecule has 0 atom stereocenters. The highest BCUT2D eigenvalue weighted by molar-refractivity contribution is 5.63. The van der Waals surface area contributed by atoms with Crippen molar-refractivity contribution in [3.05, 3.63) is 0 Å². The lowest BCUT2D eigenvalue weighted by atomic mass is 9.85. The van der Waals surface area contributed by atoms with Crippen molar-refractivity contribution in [1.82, 2.24) is 0 Å². The maximum Gasteiger partial charge on any atom is 0.300 e. The van der Waals surface area contributed by atoms with E-state index in [9.17, 15) is 0 Å². The van der Waals surface area contributed by atoms with Gasteiger partial charge in [-0.2, -0.15) is 0 Å². The SMILES string of the molecule is CC(=O)O.CC(=O)O.CC(=O)O.CCCCCCCC(CO)(CO)CO. The van der Waals surface area contributed by atoms with E-state index in [1.165, 1.54) is 19.3 Å². The molecule has 0 aliphatic carbocycles. The first-order valence-corrected chi connectivity index (χ1v) is 8.35. The molecule has 0 amide bonds. The number of aliphatic carboxylic acids is 3. The number of aliphatic hydroxyl groups is 3. The Morgan fingerprint density at radius 1 is 0.654 bits per heavy atom. The van der Waals surface area contributed by atoms with E-state index in [1.807, 2.05) is 0 Å². The summed E-state index contributed by atoms with van der Waals surface area (Å²) in [6.07, 6.45) is 6.46. The molecule has 0 aromatic heterocycles. The second kappa shape index (κ2) is 23.3. The normalized spacial score (nSPS) is 9.35. The van der Waals surface area contributed by atoms with Crippen molar-refractivity contribution in [3.63, 3.8) is 0 Å². The van der Waals surface area contributed by atoms with Crippen molar-refractivity contribution in [2.45, 2.75) is 66.2 Å². The third-order valence-electron chi connectivity index (χ3n) is 2.82. The molecule has 0 bridgehead atoms. The Hall–Kier alpha value is -1.71. The first-order valence-electron chi connectivity index (χ1n) is 8.35. The number of hydrogen-bond acceptors (Lipinski definition) is 6. The molecule has 0 rings (SSSR count). The van der Waals surface area contributed by atoms with Gasteiger partial charge in [0.1, 0.15) is 0 Å². The summed E-state index contributed by atoms with van der Waals surface area (Å²) >= 11 is 0. The van der Waals surface area contributed by atoms with Gasteiger partial charge in [-0.25, -0.2) is 0 Å². The fraction of sp³-hybridized carbons (Fsp3) is 0.824. The first kappa shape index (κ1) is 32.0. The lowest BCUT2D eigenvalue weighted by Gasteiger charge is -2.27. The topological polar surface area (TPSA) is 173 Å². The molecule has 9 nitrogen and oxygen atoms in total. The van der Waals surface area contributed by atoms with E-state index in [2.05, 4.69) is 6.92 Å². The van der Waals surface area contributed by atoms with E-state index in [0.717, 1.165) is 33.6 Å². The minimum Gasteiger partial charge on any atom is -0.481 e. The van der Waals surface area contributed by atoms with E-state index in [4.69, 9.17) is 45.0 Å². The number of rotatable bonds is 9. The first-order chi connectivity index (χ1) is 11.9. The smallest absolute Gasteiger partial charge is 0.300 e.